The Hall–Kier alpha value is -4.33. The van der Waals surface area contributed by atoms with E-state index in [0.29, 0.717) is 17.8 Å². The highest BCUT2D eigenvalue weighted by Crippen LogP contribution is 2.22. The SMILES string of the molecule is Oc1ccc(Nc2nc(Nc3ccccc3)nc(Nc3ccc(O)cc3)n2)cc1. The van der Waals surface area contributed by atoms with E-state index in [1.165, 1.54) is 0 Å². The van der Waals surface area contributed by atoms with Gasteiger partial charge in [-0.3, -0.25) is 0 Å². The Balaban J connectivity index is 1.64. The van der Waals surface area contributed by atoms with E-state index in [4.69, 9.17) is 0 Å². The van der Waals surface area contributed by atoms with Crippen LogP contribution in [0.5, 0.6) is 11.5 Å². The van der Waals surface area contributed by atoms with E-state index in [1.807, 2.05) is 30.3 Å². The predicted molar refractivity (Wildman–Crippen MR) is 112 cm³/mol. The Morgan fingerprint density at radius 2 is 0.793 bits per heavy atom. The molecule has 0 saturated heterocycles. The predicted octanol–water partition coefficient (Wildman–Crippen LogP) is 4.51. The average molecular weight is 386 g/mol. The zero-order valence-corrected chi connectivity index (χ0v) is 15.2. The molecule has 0 atom stereocenters. The Morgan fingerprint density at radius 1 is 0.448 bits per heavy atom. The van der Waals surface area contributed by atoms with Gasteiger partial charge in [-0.1, -0.05) is 18.2 Å². The van der Waals surface area contributed by atoms with Crippen molar-refractivity contribution in [2.75, 3.05) is 16.0 Å². The lowest BCUT2D eigenvalue weighted by Gasteiger charge is -2.11. The number of phenolic OH excluding ortho intramolecular Hbond substituents is 2. The number of aromatic nitrogens is 3. The van der Waals surface area contributed by atoms with Crippen LogP contribution < -0.4 is 16.0 Å². The summed E-state index contributed by atoms with van der Waals surface area (Å²) in [4.78, 5) is 13.2. The van der Waals surface area contributed by atoms with Crippen LogP contribution in [0.4, 0.5) is 34.9 Å². The van der Waals surface area contributed by atoms with Crippen LogP contribution in [-0.2, 0) is 0 Å². The maximum atomic E-state index is 9.45. The van der Waals surface area contributed by atoms with Gasteiger partial charge in [-0.25, -0.2) is 0 Å². The fourth-order valence-electron chi connectivity index (χ4n) is 2.54. The highest BCUT2D eigenvalue weighted by molar-refractivity contribution is 5.62. The Bertz CT molecular complexity index is 1020. The van der Waals surface area contributed by atoms with Crippen LogP contribution >= 0.6 is 0 Å². The molecular weight excluding hydrogens is 368 g/mol. The molecule has 0 aliphatic heterocycles. The molecule has 8 heteroatoms. The van der Waals surface area contributed by atoms with Crippen LogP contribution in [0.2, 0.25) is 0 Å². The summed E-state index contributed by atoms with van der Waals surface area (Å²) in [6, 6.07) is 22.7. The van der Waals surface area contributed by atoms with Gasteiger partial charge in [0.15, 0.2) is 0 Å². The molecule has 3 aromatic carbocycles. The van der Waals surface area contributed by atoms with Crippen LogP contribution in [-0.4, -0.2) is 25.2 Å². The Kier molecular flexibility index (Phi) is 5.06. The number of nitrogens with one attached hydrogen (secondary N) is 3. The average Bonchev–Trinajstić information content (AvgIpc) is 2.72. The van der Waals surface area contributed by atoms with Crippen molar-refractivity contribution in [2.24, 2.45) is 0 Å². The molecule has 0 radical (unpaired) electrons. The molecule has 0 unspecified atom stereocenters. The van der Waals surface area contributed by atoms with E-state index < -0.39 is 0 Å². The van der Waals surface area contributed by atoms with Gasteiger partial charge in [-0.05, 0) is 60.7 Å². The van der Waals surface area contributed by atoms with Gasteiger partial charge in [0.05, 0.1) is 0 Å². The standard InChI is InChI=1S/C21H18N6O2/c28-17-10-6-15(7-11-17)23-20-25-19(22-14-4-2-1-3-5-14)26-21(27-20)24-16-8-12-18(29)13-9-16/h1-13,28-29H,(H3,22,23,24,25,26,27). The number of phenols is 2. The lowest BCUT2D eigenvalue weighted by molar-refractivity contribution is 0.475. The van der Waals surface area contributed by atoms with E-state index in [9.17, 15) is 10.2 Å². The summed E-state index contributed by atoms with van der Waals surface area (Å²) >= 11 is 0. The molecule has 4 rings (SSSR count). The third-order valence-electron chi connectivity index (χ3n) is 3.91. The van der Waals surface area contributed by atoms with Gasteiger partial charge >= 0.3 is 0 Å². The molecular formula is C21H18N6O2. The molecule has 144 valence electrons. The summed E-state index contributed by atoms with van der Waals surface area (Å²) in [6.07, 6.45) is 0. The van der Waals surface area contributed by atoms with Crippen molar-refractivity contribution < 1.29 is 10.2 Å². The molecule has 5 N–H and O–H groups in total. The maximum absolute atomic E-state index is 9.45. The topological polar surface area (TPSA) is 115 Å². The quantitative estimate of drug-likeness (QED) is 0.307. The van der Waals surface area contributed by atoms with Crippen molar-refractivity contribution >= 4 is 34.9 Å². The number of aromatic hydroxyl groups is 2. The third kappa shape index (κ3) is 4.89. The molecule has 0 fully saturated rings. The molecule has 0 spiro atoms. The molecule has 8 nitrogen and oxygen atoms in total. The largest absolute Gasteiger partial charge is 0.508 e. The first kappa shape index (κ1) is 18.1. The zero-order valence-electron chi connectivity index (χ0n) is 15.2. The highest BCUT2D eigenvalue weighted by Gasteiger charge is 2.08. The van der Waals surface area contributed by atoms with E-state index in [1.54, 1.807) is 48.5 Å². The van der Waals surface area contributed by atoms with E-state index >= 15 is 0 Å². The first-order chi connectivity index (χ1) is 14.1. The second-order valence-corrected chi connectivity index (χ2v) is 6.14. The molecule has 29 heavy (non-hydrogen) atoms. The van der Waals surface area contributed by atoms with Crippen molar-refractivity contribution in [2.45, 2.75) is 0 Å². The van der Waals surface area contributed by atoms with Crippen LogP contribution in [0.25, 0.3) is 0 Å². The van der Waals surface area contributed by atoms with Gasteiger partial charge < -0.3 is 26.2 Å². The molecule has 4 aromatic rings. The minimum absolute atomic E-state index is 0.173. The summed E-state index contributed by atoms with van der Waals surface area (Å²) < 4.78 is 0. The minimum Gasteiger partial charge on any atom is -0.508 e. The summed E-state index contributed by atoms with van der Waals surface area (Å²) in [5, 5.41) is 28.3. The zero-order chi connectivity index (χ0) is 20.1. The van der Waals surface area contributed by atoms with Gasteiger partial charge in [-0.2, -0.15) is 15.0 Å². The summed E-state index contributed by atoms with van der Waals surface area (Å²) in [5.41, 5.74) is 2.27. The molecule has 0 saturated carbocycles. The fraction of sp³-hybridized carbons (Fsp3) is 0. The van der Waals surface area contributed by atoms with Gasteiger partial charge in [0.1, 0.15) is 11.5 Å². The molecule has 0 aliphatic carbocycles. The van der Waals surface area contributed by atoms with Gasteiger partial charge in [0.2, 0.25) is 17.8 Å². The lowest BCUT2D eigenvalue weighted by atomic mass is 10.3. The minimum atomic E-state index is 0.173. The smallest absolute Gasteiger partial charge is 0.233 e. The number of benzene rings is 3. The summed E-state index contributed by atoms with van der Waals surface area (Å²) in [7, 11) is 0. The molecule has 1 aromatic heterocycles. The van der Waals surface area contributed by atoms with Gasteiger partial charge in [0.25, 0.3) is 0 Å². The second kappa shape index (κ2) is 8.13. The van der Waals surface area contributed by atoms with E-state index in [2.05, 4.69) is 30.9 Å². The van der Waals surface area contributed by atoms with Crippen molar-refractivity contribution in [1.29, 1.82) is 0 Å². The van der Waals surface area contributed by atoms with Crippen LogP contribution in [0.15, 0.2) is 78.9 Å². The molecule has 0 bridgehead atoms. The number of hydrogen-bond acceptors (Lipinski definition) is 8. The maximum Gasteiger partial charge on any atom is 0.233 e. The normalized spacial score (nSPS) is 10.3. The van der Waals surface area contributed by atoms with Gasteiger partial charge in [-0.15, -0.1) is 0 Å². The number of anilines is 6. The van der Waals surface area contributed by atoms with Gasteiger partial charge in [0, 0.05) is 17.1 Å². The van der Waals surface area contributed by atoms with Crippen LogP contribution in [0, 0.1) is 0 Å². The fourth-order valence-corrected chi connectivity index (χ4v) is 2.54. The summed E-state index contributed by atoms with van der Waals surface area (Å²) in [6.45, 7) is 0. The number of hydrogen-bond donors (Lipinski definition) is 5. The molecule has 0 aliphatic rings. The molecule has 0 amide bonds. The molecule has 1 heterocycles. The Labute approximate surface area is 166 Å². The summed E-state index contributed by atoms with van der Waals surface area (Å²) in [5.74, 6) is 1.35. The van der Waals surface area contributed by atoms with Crippen molar-refractivity contribution in [3.63, 3.8) is 0 Å². The van der Waals surface area contributed by atoms with Crippen molar-refractivity contribution in [1.82, 2.24) is 15.0 Å². The number of para-hydroxylation sites is 1. The highest BCUT2D eigenvalue weighted by atomic mass is 16.3. The van der Waals surface area contributed by atoms with Crippen molar-refractivity contribution in [3.05, 3.63) is 78.9 Å². The monoisotopic (exact) mass is 386 g/mol. The number of rotatable bonds is 6. The second-order valence-electron chi connectivity index (χ2n) is 6.14. The first-order valence-electron chi connectivity index (χ1n) is 8.84. The van der Waals surface area contributed by atoms with Crippen LogP contribution in [0.3, 0.4) is 0 Å². The van der Waals surface area contributed by atoms with Crippen molar-refractivity contribution in [3.8, 4) is 11.5 Å². The van der Waals surface area contributed by atoms with E-state index in [-0.39, 0.29) is 11.5 Å². The van der Waals surface area contributed by atoms with Crippen LogP contribution in [0.1, 0.15) is 0 Å². The first-order valence-corrected chi connectivity index (χ1v) is 8.84. The third-order valence-corrected chi connectivity index (χ3v) is 3.91. The Morgan fingerprint density at radius 3 is 1.17 bits per heavy atom. The lowest BCUT2D eigenvalue weighted by Crippen LogP contribution is -2.07. The number of nitrogens with zero attached hydrogens (tertiary/aromatic N) is 3. The van der Waals surface area contributed by atoms with E-state index in [0.717, 1.165) is 17.1 Å².